The highest BCUT2D eigenvalue weighted by molar-refractivity contribution is 5.94. The molecule has 0 radical (unpaired) electrons. The van der Waals surface area contributed by atoms with Gasteiger partial charge in [-0.25, -0.2) is 0 Å². The lowest BCUT2D eigenvalue weighted by molar-refractivity contribution is -0.130. The average molecular weight is 341 g/mol. The number of amides is 1. The van der Waals surface area contributed by atoms with Gasteiger partial charge in [0.25, 0.3) is 0 Å². The van der Waals surface area contributed by atoms with Crippen LogP contribution in [0.2, 0.25) is 0 Å². The van der Waals surface area contributed by atoms with Gasteiger partial charge < -0.3 is 15.4 Å². The summed E-state index contributed by atoms with van der Waals surface area (Å²) >= 11 is 0. The third-order valence-electron chi connectivity index (χ3n) is 4.02. The van der Waals surface area contributed by atoms with Crippen LogP contribution in [0.15, 0.2) is 24.3 Å². The zero-order chi connectivity index (χ0) is 15.9. The van der Waals surface area contributed by atoms with Gasteiger partial charge in [-0.05, 0) is 44.4 Å². The molecule has 23 heavy (non-hydrogen) atoms. The molecule has 1 heterocycles. The Balaban J connectivity index is 0.00000264. The molecule has 1 aromatic rings. The third kappa shape index (κ3) is 5.84. The van der Waals surface area contributed by atoms with Crippen molar-refractivity contribution in [3.63, 3.8) is 0 Å². The Morgan fingerprint density at radius 2 is 2.17 bits per heavy atom. The normalized spacial score (nSPS) is 16.8. The van der Waals surface area contributed by atoms with Gasteiger partial charge >= 0.3 is 0 Å². The Morgan fingerprint density at radius 1 is 1.39 bits per heavy atom. The first-order valence-electron chi connectivity index (χ1n) is 7.82. The van der Waals surface area contributed by atoms with E-state index in [1.165, 1.54) is 6.92 Å². The Bertz CT molecular complexity index is 536. The molecule has 1 aliphatic heterocycles. The smallest absolute Gasteiger partial charge is 0.222 e. The van der Waals surface area contributed by atoms with Crippen molar-refractivity contribution in [2.24, 2.45) is 11.7 Å². The van der Waals surface area contributed by atoms with Crippen molar-refractivity contribution in [3.05, 3.63) is 29.8 Å². The molecular formula is C17H25ClN2O3. The number of carbonyl (C=O) groups is 2. The van der Waals surface area contributed by atoms with Crippen LogP contribution in [-0.2, 0) is 4.79 Å². The molecule has 1 saturated heterocycles. The SMILES string of the molecule is CC(=O)c1cccc(OCCCC(=O)N2CCC(CN)C2)c1.Cl. The fourth-order valence-corrected chi connectivity index (χ4v) is 2.63. The largest absolute Gasteiger partial charge is 0.494 e. The minimum Gasteiger partial charge on any atom is -0.494 e. The molecule has 0 saturated carbocycles. The van der Waals surface area contributed by atoms with Gasteiger partial charge in [0.2, 0.25) is 5.91 Å². The van der Waals surface area contributed by atoms with E-state index in [1.54, 1.807) is 18.2 Å². The van der Waals surface area contributed by atoms with E-state index in [9.17, 15) is 9.59 Å². The molecule has 1 aromatic carbocycles. The molecule has 0 aliphatic carbocycles. The maximum atomic E-state index is 12.0. The summed E-state index contributed by atoms with van der Waals surface area (Å²) in [6, 6.07) is 7.12. The maximum absolute atomic E-state index is 12.0. The maximum Gasteiger partial charge on any atom is 0.222 e. The predicted octanol–water partition coefficient (Wildman–Crippen LogP) is 2.28. The molecule has 2 rings (SSSR count). The van der Waals surface area contributed by atoms with Crippen LogP contribution in [0.1, 0.15) is 36.5 Å². The van der Waals surface area contributed by atoms with Crippen LogP contribution in [-0.4, -0.2) is 42.8 Å². The van der Waals surface area contributed by atoms with Gasteiger partial charge in [-0.15, -0.1) is 12.4 Å². The molecule has 1 aliphatic rings. The average Bonchev–Trinajstić information content (AvgIpc) is 3.01. The van der Waals surface area contributed by atoms with Crippen LogP contribution in [0.5, 0.6) is 5.75 Å². The summed E-state index contributed by atoms with van der Waals surface area (Å²) in [5.74, 6) is 1.32. The topological polar surface area (TPSA) is 72.6 Å². The zero-order valence-corrected chi connectivity index (χ0v) is 14.3. The van der Waals surface area contributed by atoms with Crippen molar-refractivity contribution in [2.75, 3.05) is 26.2 Å². The molecular weight excluding hydrogens is 316 g/mol. The number of hydrogen-bond acceptors (Lipinski definition) is 4. The molecule has 1 fully saturated rings. The Kier molecular flexibility index (Phi) is 8.06. The van der Waals surface area contributed by atoms with Crippen molar-refractivity contribution in [1.82, 2.24) is 4.90 Å². The number of nitrogens with zero attached hydrogens (tertiary/aromatic N) is 1. The van der Waals surface area contributed by atoms with Gasteiger partial charge in [0.1, 0.15) is 5.75 Å². The van der Waals surface area contributed by atoms with E-state index < -0.39 is 0 Å². The summed E-state index contributed by atoms with van der Waals surface area (Å²) in [6.07, 6.45) is 2.17. The van der Waals surface area contributed by atoms with Crippen molar-refractivity contribution in [2.45, 2.75) is 26.2 Å². The van der Waals surface area contributed by atoms with Crippen LogP contribution in [0, 0.1) is 5.92 Å². The Hall–Kier alpha value is -1.59. The summed E-state index contributed by atoms with van der Waals surface area (Å²) in [4.78, 5) is 25.2. The number of ether oxygens (including phenoxy) is 1. The summed E-state index contributed by atoms with van der Waals surface area (Å²) < 4.78 is 5.61. The van der Waals surface area contributed by atoms with Gasteiger partial charge in [0.05, 0.1) is 6.61 Å². The Labute approximate surface area is 143 Å². The molecule has 0 spiro atoms. The number of halogens is 1. The second kappa shape index (κ2) is 9.53. The first kappa shape index (κ1) is 19.5. The monoisotopic (exact) mass is 340 g/mol. The highest BCUT2D eigenvalue weighted by Crippen LogP contribution is 2.17. The number of benzene rings is 1. The fourth-order valence-electron chi connectivity index (χ4n) is 2.63. The molecule has 128 valence electrons. The minimum absolute atomic E-state index is 0. The summed E-state index contributed by atoms with van der Waals surface area (Å²) in [7, 11) is 0. The lowest BCUT2D eigenvalue weighted by Crippen LogP contribution is -2.29. The number of carbonyl (C=O) groups excluding carboxylic acids is 2. The third-order valence-corrected chi connectivity index (χ3v) is 4.02. The van der Waals surface area contributed by atoms with Crippen molar-refractivity contribution in [1.29, 1.82) is 0 Å². The van der Waals surface area contributed by atoms with Crippen LogP contribution in [0.25, 0.3) is 0 Å². The predicted molar refractivity (Wildman–Crippen MR) is 92.2 cm³/mol. The molecule has 2 N–H and O–H groups in total. The van der Waals surface area contributed by atoms with Crippen molar-refractivity contribution in [3.8, 4) is 5.75 Å². The number of ketones is 1. The zero-order valence-electron chi connectivity index (χ0n) is 13.5. The van der Waals surface area contributed by atoms with Crippen LogP contribution in [0.4, 0.5) is 0 Å². The summed E-state index contributed by atoms with van der Waals surface area (Å²) in [6.45, 7) is 4.27. The van der Waals surface area contributed by atoms with E-state index in [1.807, 2.05) is 11.0 Å². The van der Waals surface area contributed by atoms with E-state index >= 15 is 0 Å². The van der Waals surface area contributed by atoms with Gasteiger partial charge in [-0.3, -0.25) is 9.59 Å². The van der Waals surface area contributed by atoms with Crippen LogP contribution >= 0.6 is 12.4 Å². The first-order valence-corrected chi connectivity index (χ1v) is 7.82. The van der Waals surface area contributed by atoms with E-state index in [0.29, 0.717) is 43.2 Å². The van der Waals surface area contributed by atoms with Gasteiger partial charge in [0.15, 0.2) is 5.78 Å². The standard InChI is InChI=1S/C17H24N2O3.ClH/c1-13(20)15-4-2-5-16(10-15)22-9-3-6-17(21)19-8-7-14(11-18)12-19;/h2,4-5,10,14H,3,6-9,11-12,18H2,1H3;1H. The minimum atomic E-state index is 0. The van der Waals surface area contributed by atoms with E-state index in [4.69, 9.17) is 10.5 Å². The number of nitrogens with two attached hydrogens (primary N) is 1. The second-order valence-corrected chi connectivity index (χ2v) is 5.77. The number of likely N-dealkylation sites (tertiary alicyclic amines) is 1. The van der Waals surface area contributed by atoms with Gasteiger partial charge in [-0.2, -0.15) is 0 Å². The van der Waals surface area contributed by atoms with Crippen LogP contribution < -0.4 is 10.5 Å². The first-order chi connectivity index (χ1) is 10.6. The second-order valence-electron chi connectivity index (χ2n) is 5.77. The summed E-state index contributed by atoms with van der Waals surface area (Å²) in [5, 5.41) is 0. The van der Waals surface area contributed by atoms with E-state index in [0.717, 1.165) is 19.5 Å². The van der Waals surface area contributed by atoms with E-state index in [-0.39, 0.29) is 24.1 Å². The lowest BCUT2D eigenvalue weighted by Gasteiger charge is -2.16. The molecule has 1 amide bonds. The molecule has 5 nitrogen and oxygen atoms in total. The lowest BCUT2D eigenvalue weighted by atomic mass is 10.1. The summed E-state index contributed by atoms with van der Waals surface area (Å²) in [5.41, 5.74) is 6.27. The van der Waals surface area contributed by atoms with Gasteiger partial charge in [0, 0.05) is 25.1 Å². The molecule has 1 unspecified atom stereocenters. The number of hydrogen-bond donors (Lipinski definition) is 1. The highest BCUT2D eigenvalue weighted by Gasteiger charge is 2.24. The molecule has 0 aromatic heterocycles. The molecule has 0 bridgehead atoms. The van der Waals surface area contributed by atoms with Crippen molar-refractivity contribution < 1.29 is 14.3 Å². The van der Waals surface area contributed by atoms with Crippen molar-refractivity contribution >= 4 is 24.1 Å². The quantitative estimate of drug-likeness (QED) is 0.610. The molecule has 1 atom stereocenters. The highest BCUT2D eigenvalue weighted by atomic mass is 35.5. The van der Waals surface area contributed by atoms with E-state index in [2.05, 4.69) is 0 Å². The van der Waals surface area contributed by atoms with Gasteiger partial charge in [-0.1, -0.05) is 12.1 Å². The fraction of sp³-hybridized carbons (Fsp3) is 0.529. The van der Waals surface area contributed by atoms with Crippen LogP contribution in [0.3, 0.4) is 0 Å². The number of rotatable bonds is 7. The number of Topliss-reactive ketones (excluding diaryl/α,β-unsaturated/α-hetero) is 1. The molecule has 6 heteroatoms. The Morgan fingerprint density at radius 3 is 2.83 bits per heavy atom.